The van der Waals surface area contributed by atoms with Crippen molar-refractivity contribution in [1.82, 2.24) is 4.31 Å². The summed E-state index contributed by atoms with van der Waals surface area (Å²) in [4.78, 5) is 0.0931. The summed E-state index contributed by atoms with van der Waals surface area (Å²) in [5.41, 5.74) is 5.91. The van der Waals surface area contributed by atoms with E-state index in [1.54, 1.807) is 18.2 Å². The van der Waals surface area contributed by atoms with E-state index in [2.05, 4.69) is 0 Å². The zero-order valence-electron chi connectivity index (χ0n) is 10.3. The lowest BCUT2D eigenvalue weighted by molar-refractivity contribution is 0.131. The second-order valence-electron chi connectivity index (χ2n) is 4.73. The summed E-state index contributed by atoms with van der Waals surface area (Å²) < 4.78 is 25.7. The van der Waals surface area contributed by atoms with Crippen LogP contribution in [0.15, 0.2) is 29.2 Å². The van der Waals surface area contributed by atoms with Gasteiger partial charge in [-0.25, -0.2) is 8.42 Å². The first-order chi connectivity index (χ1) is 8.43. The molecule has 1 fully saturated rings. The molecule has 0 aliphatic heterocycles. The second kappa shape index (κ2) is 4.87. The van der Waals surface area contributed by atoms with Gasteiger partial charge in [0.25, 0.3) is 0 Å². The lowest BCUT2D eigenvalue weighted by Gasteiger charge is -2.21. The van der Waals surface area contributed by atoms with Crippen LogP contribution in [-0.4, -0.2) is 37.5 Å². The molecule has 2 rings (SSSR count). The molecule has 100 valence electrons. The van der Waals surface area contributed by atoms with E-state index in [4.69, 9.17) is 5.73 Å². The smallest absolute Gasteiger partial charge is 0.244 e. The van der Waals surface area contributed by atoms with Gasteiger partial charge >= 0.3 is 0 Å². The molecule has 0 aromatic heterocycles. The summed E-state index contributed by atoms with van der Waals surface area (Å²) in [5.74, 6) is 0.246. The van der Waals surface area contributed by atoms with Gasteiger partial charge in [0, 0.05) is 13.6 Å². The molecule has 1 aromatic carbocycles. The van der Waals surface area contributed by atoms with Gasteiger partial charge < -0.3 is 10.8 Å². The molecule has 1 aromatic rings. The van der Waals surface area contributed by atoms with E-state index >= 15 is 0 Å². The minimum absolute atomic E-state index is 0.0931. The summed E-state index contributed by atoms with van der Waals surface area (Å²) in [7, 11) is -2.16. The quantitative estimate of drug-likeness (QED) is 0.770. The number of nitrogen functional groups attached to an aromatic ring is 1. The first-order valence-electron chi connectivity index (χ1n) is 5.92. The van der Waals surface area contributed by atoms with E-state index in [1.807, 2.05) is 0 Å². The molecule has 0 saturated heterocycles. The van der Waals surface area contributed by atoms with Gasteiger partial charge in [0.2, 0.25) is 10.0 Å². The molecule has 18 heavy (non-hydrogen) atoms. The van der Waals surface area contributed by atoms with Crippen molar-refractivity contribution >= 4 is 15.7 Å². The van der Waals surface area contributed by atoms with Gasteiger partial charge in [-0.1, -0.05) is 12.1 Å². The minimum atomic E-state index is -3.62. The Morgan fingerprint density at radius 2 is 2.06 bits per heavy atom. The number of likely N-dealkylation sites (N-methyl/N-ethyl adjacent to an activating group) is 1. The number of benzene rings is 1. The summed E-state index contributed by atoms with van der Waals surface area (Å²) in [6, 6.07) is 6.35. The molecular formula is C12H18N2O3S. The molecule has 6 heteroatoms. The minimum Gasteiger partial charge on any atom is -0.398 e. The molecule has 0 heterocycles. The normalized spacial score (nSPS) is 17.9. The number of nitrogens with zero attached hydrogens (tertiary/aromatic N) is 1. The van der Waals surface area contributed by atoms with E-state index in [9.17, 15) is 13.5 Å². The lowest BCUT2D eigenvalue weighted by Crippen LogP contribution is -2.35. The maximum atomic E-state index is 12.3. The molecule has 0 amide bonds. The molecule has 1 aliphatic rings. The molecule has 3 N–H and O–H groups in total. The molecule has 1 saturated carbocycles. The first kappa shape index (κ1) is 13.3. The van der Waals surface area contributed by atoms with E-state index in [1.165, 1.54) is 17.4 Å². The Balaban J connectivity index is 2.17. The topological polar surface area (TPSA) is 83.6 Å². The van der Waals surface area contributed by atoms with E-state index < -0.39 is 16.1 Å². The van der Waals surface area contributed by atoms with Crippen LogP contribution in [0.2, 0.25) is 0 Å². The van der Waals surface area contributed by atoms with Crippen LogP contribution in [0.1, 0.15) is 12.8 Å². The Hall–Kier alpha value is -1.11. The number of sulfonamides is 1. The largest absolute Gasteiger partial charge is 0.398 e. The highest BCUT2D eigenvalue weighted by Gasteiger charge is 2.33. The van der Waals surface area contributed by atoms with Crippen LogP contribution in [0, 0.1) is 5.92 Å². The van der Waals surface area contributed by atoms with Crippen LogP contribution < -0.4 is 5.73 Å². The fraction of sp³-hybridized carbons (Fsp3) is 0.500. The Morgan fingerprint density at radius 1 is 1.44 bits per heavy atom. The molecule has 0 radical (unpaired) electrons. The van der Waals surface area contributed by atoms with Crippen molar-refractivity contribution in [1.29, 1.82) is 0 Å². The van der Waals surface area contributed by atoms with Crippen molar-refractivity contribution in [2.75, 3.05) is 19.3 Å². The Labute approximate surface area is 107 Å². The van der Waals surface area contributed by atoms with Crippen molar-refractivity contribution in [3.8, 4) is 0 Å². The van der Waals surface area contributed by atoms with Gasteiger partial charge in [-0.15, -0.1) is 0 Å². The number of rotatable bonds is 5. The number of aliphatic hydroxyl groups is 1. The van der Waals surface area contributed by atoms with E-state index in [-0.39, 0.29) is 23.0 Å². The highest BCUT2D eigenvalue weighted by molar-refractivity contribution is 7.89. The Kier molecular flexibility index (Phi) is 3.61. The van der Waals surface area contributed by atoms with Crippen molar-refractivity contribution in [2.45, 2.75) is 23.8 Å². The van der Waals surface area contributed by atoms with Crippen LogP contribution >= 0.6 is 0 Å². The number of nitrogens with two attached hydrogens (primary N) is 1. The van der Waals surface area contributed by atoms with Gasteiger partial charge in [0.15, 0.2) is 0 Å². The van der Waals surface area contributed by atoms with Crippen molar-refractivity contribution < 1.29 is 13.5 Å². The standard InChI is InChI=1S/C12H18N2O3S/c1-14(8-11(15)9-6-7-9)18(16,17)12-5-3-2-4-10(12)13/h2-5,9,11,15H,6-8,13H2,1H3/t11-/m1/s1. The molecule has 1 atom stereocenters. The second-order valence-corrected chi connectivity index (χ2v) is 6.74. The van der Waals surface area contributed by atoms with Gasteiger partial charge in [-0.05, 0) is 30.9 Å². The third kappa shape index (κ3) is 2.66. The van der Waals surface area contributed by atoms with Crippen LogP contribution in [-0.2, 0) is 10.0 Å². The number of hydrogen-bond acceptors (Lipinski definition) is 4. The van der Waals surface area contributed by atoms with E-state index in [0.717, 1.165) is 12.8 Å². The Bertz CT molecular complexity index is 526. The zero-order valence-corrected chi connectivity index (χ0v) is 11.1. The molecule has 1 aliphatic carbocycles. The third-order valence-corrected chi connectivity index (χ3v) is 5.11. The summed E-state index contributed by atoms with van der Waals surface area (Å²) in [5, 5.41) is 9.80. The summed E-state index contributed by atoms with van der Waals surface area (Å²) in [6.45, 7) is 0.112. The van der Waals surface area contributed by atoms with Gasteiger partial charge in [0.1, 0.15) is 4.90 Å². The molecular weight excluding hydrogens is 252 g/mol. The van der Waals surface area contributed by atoms with Crippen molar-refractivity contribution in [3.05, 3.63) is 24.3 Å². The van der Waals surface area contributed by atoms with Gasteiger partial charge in [-0.2, -0.15) is 4.31 Å². The summed E-state index contributed by atoms with van der Waals surface area (Å²) in [6.07, 6.45) is 1.36. The summed E-state index contributed by atoms with van der Waals surface area (Å²) >= 11 is 0. The molecule has 5 nitrogen and oxygen atoms in total. The Morgan fingerprint density at radius 3 is 2.61 bits per heavy atom. The highest BCUT2D eigenvalue weighted by Crippen LogP contribution is 2.33. The average molecular weight is 270 g/mol. The number of hydrogen-bond donors (Lipinski definition) is 2. The zero-order chi connectivity index (χ0) is 13.3. The SMILES string of the molecule is CN(C[C@@H](O)C1CC1)S(=O)(=O)c1ccccc1N. The highest BCUT2D eigenvalue weighted by atomic mass is 32.2. The number of para-hydroxylation sites is 1. The van der Waals surface area contributed by atoms with Crippen molar-refractivity contribution in [3.63, 3.8) is 0 Å². The number of aliphatic hydroxyl groups excluding tert-OH is 1. The molecule has 0 unspecified atom stereocenters. The van der Waals surface area contributed by atoms with Gasteiger partial charge in [-0.3, -0.25) is 0 Å². The van der Waals surface area contributed by atoms with E-state index in [0.29, 0.717) is 0 Å². The predicted molar refractivity (Wildman–Crippen MR) is 69.4 cm³/mol. The third-order valence-electron chi connectivity index (χ3n) is 3.22. The van der Waals surface area contributed by atoms with Crippen LogP contribution in [0.3, 0.4) is 0 Å². The van der Waals surface area contributed by atoms with Crippen LogP contribution in [0.4, 0.5) is 5.69 Å². The molecule has 0 spiro atoms. The maximum Gasteiger partial charge on any atom is 0.244 e. The number of anilines is 1. The fourth-order valence-electron chi connectivity index (χ4n) is 1.87. The average Bonchev–Trinajstić information content (AvgIpc) is 3.12. The molecule has 0 bridgehead atoms. The fourth-order valence-corrected chi connectivity index (χ4v) is 3.18. The monoisotopic (exact) mass is 270 g/mol. The lowest BCUT2D eigenvalue weighted by atomic mass is 10.2. The van der Waals surface area contributed by atoms with Gasteiger partial charge in [0.05, 0.1) is 11.8 Å². The van der Waals surface area contributed by atoms with Crippen LogP contribution in [0.25, 0.3) is 0 Å². The van der Waals surface area contributed by atoms with Crippen molar-refractivity contribution in [2.24, 2.45) is 5.92 Å². The predicted octanol–water partition coefficient (Wildman–Crippen LogP) is 0.660. The first-order valence-corrected chi connectivity index (χ1v) is 7.36. The van der Waals surface area contributed by atoms with Crippen LogP contribution in [0.5, 0.6) is 0 Å². The maximum absolute atomic E-state index is 12.3.